The average Bonchev–Trinajstić information content (AvgIpc) is 2.15. The zero-order chi connectivity index (χ0) is 9.68. The van der Waals surface area contributed by atoms with E-state index in [2.05, 4.69) is 6.92 Å². The van der Waals surface area contributed by atoms with Crippen LogP contribution in [-0.2, 0) is 17.5 Å². The molecule has 0 aliphatic heterocycles. The van der Waals surface area contributed by atoms with Crippen molar-refractivity contribution in [1.29, 1.82) is 0 Å². The van der Waals surface area contributed by atoms with Crippen LogP contribution in [0.25, 0.3) is 0 Å². The molecule has 0 aliphatic rings. The third-order valence-electron chi connectivity index (χ3n) is 1.92. The fourth-order valence-electron chi connectivity index (χ4n) is 1.19. The lowest BCUT2D eigenvalue weighted by Crippen LogP contribution is -1.91. The maximum Gasteiger partial charge on any atom is 0.186 e. The molecule has 0 radical (unpaired) electrons. The normalized spacial score (nSPS) is 12.8. The molecule has 1 rings (SSSR count). The zero-order valence-corrected chi connectivity index (χ0v) is 8.51. The molecule has 1 aromatic carbocycles. The van der Waals surface area contributed by atoms with E-state index in [9.17, 15) is 4.21 Å². The van der Waals surface area contributed by atoms with Gasteiger partial charge in [0.1, 0.15) is 0 Å². The predicted molar refractivity (Wildman–Crippen MR) is 54.1 cm³/mol. The molecule has 0 bridgehead atoms. The van der Waals surface area contributed by atoms with Crippen molar-refractivity contribution >= 4 is 11.1 Å². The van der Waals surface area contributed by atoms with Crippen molar-refractivity contribution in [3.05, 3.63) is 29.8 Å². The number of rotatable bonds is 4. The topological polar surface area (TPSA) is 37.3 Å². The molecule has 0 amide bonds. The minimum Gasteiger partial charge on any atom is -0.302 e. The Kier molecular flexibility index (Phi) is 4.12. The monoisotopic (exact) mass is 198 g/mol. The number of benzene rings is 1. The van der Waals surface area contributed by atoms with Gasteiger partial charge in [-0.3, -0.25) is 0 Å². The smallest absolute Gasteiger partial charge is 0.186 e. The maximum absolute atomic E-state index is 10.7. The highest BCUT2D eigenvalue weighted by Gasteiger charge is 1.99. The van der Waals surface area contributed by atoms with E-state index in [4.69, 9.17) is 4.55 Å². The van der Waals surface area contributed by atoms with E-state index in [0.717, 1.165) is 24.8 Å². The molecule has 0 saturated carbocycles. The van der Waals surface area contributed by atoms with Crippen LogP contribution < -0.4 is 0 Å². The second kappa shape index (κ2) is 5.14. The van der Waals surface area contributed by atoms with Gasteiger partial charge in [-0.25, -0.2) is 4.21 Å². The zero-order valence-electron chi connectivity index (χ0n) is 7.69. The fourth-order valence-corrected chi connectivity index (χ4v) is 1.64. The lowest BCUT2D eigenvalue weighted by Gasteiger charge is -2.00. The Morgan fingerprint density at radius 1 is 1.46 bits per heavy atom. The molecule has 3 heteroatoms. The van der Waals surface area contributed by atoms with Gasteiger partial charge in [0, 0.05) is 0 Å². The molecule has 1 atom stereocenters. The van der Waals surface area contributed by atoms with E-state index in [-0.39, 0.29) is 0 Å². The summed E-state index contributed by atoms with van der Waals surface area (Å²) in [5.41, 5.74) is 1.14. The first-order valence-electron chi connectivity index (χ1n) is 4.44. The van der Waals surface area contributed by atoms with E-state index >= 15 is 0 Å². The molecule has 2 nitrogen and oxygen atoms in total. The summed E-state index contributed by atoms with van der Waals surface area (Å²) in [5.74, 6) is 0. The first kappa shape index (κ1) is 10.4. The summed E-state index contributed by atoms with van der Waals surface area (Å²) in [4.78, 5) is 0.494. The molecule has 0 aliphatic carbocycles. The van der Waals surface area contributed by atoms with Crippen LogP contribution in [0.2, 0.25) is 0 Å². The minimum atomic E-state index is -1.84. The quantitative estimate of drug-likeness (QED) is 0.755. The molecule has 0 spiro atoms. The first-order valence-corrected chi connectivity index (χ1v) is 5.54. The van der Waals surface area contributed by atoms with Gasteiger partial charge in [-0.1, -0.05) is 25.5 Å². The van der Waals surface area contributed by atoms with Crippen molar-refractivity contribution in [2.24, 2.45) is 0 Å². The van der Waals surface area contributed by atoms with Crippen LogP contribution in [0.1, 0.15) is 25.3 Å². The highest BCUT2D eigenvalue weighted by atomic mass is 32.2. The molecule has 0 aromatic heterocycles. The van der Waals surface area contributed by atoms with Crippen LogP contribution in [-0.4, -0.2) is 8.76 Å². The van der Waals surface area contributed by atoms with E-state index in [1.54, 1.807) is 12.1 Å². The van der Waals surface area contributed by atoms with Crippen molar-refractivity contribution in [2.75, 3.05) is 0 Å². The van der Waals surface area contributed by atoms with Crippen LogP contribution in [0.3, 0.4) is 0 Å². The van der Waals surface area contributed by atoms with Gasteiger partial charge in [0.2, 0.25) is 0 Å². The van der Waals surface area contributed by atoms with Crippen LogP contribution >= 0.6 is 0 Å². The number of hydrogen-bond acceptors (Lipinski definition) is 1. The van der Waals surface area contributed by atoms with Gasteiger partial charge in [-0.2, -0.15) is 0 Å². The molecule has 0 heterocycles. The van der Waals surface area contributed by atoms with Crippen molar-refractivity contribution in [3.8, 4) is 0 Å². The van der Waals surface area contributed by atoms with E-state index in [1.165, 1.54) is 0 Å². The second-order valence-electron chi connectivity index (χ2n) is 3.00. The Balaban J connectivity index is 2.73. The summed E-state index contributed by atoms with van der Waals surface area (Å²) >= 11 is -1.84. The molecule has 1 unspecified atom stereocenters. The standard InChI is InChI=1S/C10H14O2S/c1-2-3-5-9-6-4-7-10(8-9)13(11)12/h4,6-8H,2-3,5H2,1H3,(H,11,12). The summed E-state index contributed by atoms with van der Waals surface area (Å²) in [5, 5.41) is 0. The second-order valence-corrected chi connectivity index (χ2v) is 3.97. The summed E-state index contributed by atoms with van der Waals surface area (Å²) in [6.45, 7) is 2.13. The molecule has 0 fully saturated rings. The number of hydrogen-bond donors (Lipinski definition) is 1. The van der Waals surface area contributed by atoms with Gasteiger partial charge in [-0.05, 0) is 30.5 Å². The molecule has 1 aromatic rings. The lowest BCUT2D eigenvalue weighted by atomic mass is 10.1. The molecule has 1 N–H and O–H groups in total. The van der Waals surface area contributed by atoms with E-state index in [1.807, 2.05) is 12.1 Å². The molecule has 0 saturated heterocycles. The molecule has 13 heavy (non-hydrogen) atoms. The lowest BCUT2D eigenvalue weighted by molar-refractivity contribution is 0.564. The van der Waals surface area contributed by atoms with Gasteiger partial charge < -0.3 is 4.55 Å². The maximum atomic E-state index is 10.7. The van der Waals surface area contributed by atoms with Crippen molar-refractivity contribution < 1.29 is 8.76 Å². The Hall–Kier alpha value is -0.670. The molecular weight excluding hydrogens is 184 g/mol. The SMILES string of the molecule is CCCCc1cccc(S(=O)O)c1. The van der Waals surface area contributed by atoms with Crippen LogP contribution in [0.5, 0.6) is 0 Å². The molecule has 72 valence electrons. The van der Waals surface area contributed by atoms with Crippen molar-refractivity contribution in [2.45, 2.75) is 31.1 Å². The summed E-state index contributed by atoms with van der Waals surface area (Å²) in [7, 11) is 0. The van der Waals surface area contributed by atoms with E-state index < -0.39 is 11.1 Å². The summed E-state index contributed by atoms with van der Waals surface area (Å²) < 4.78 is 19.6. The highest BCUT2D eigenvalue weighted by molar-refractivity contribution is 7.79. The van der Waals surface area contributed by atoms with Crippen molar-refractivity contribution in [3.63, 3.8) is 0 Å². The van der Waals surface area contributed by atoms with Crippen LogP contribution in [0, 0.1) is 0 Å². The van der Waals surface area contributed by atoms with E-state index in [0.29, 0.717) is 4.90 Å². The summed E-state index contributed by atoms with van der Waals surface area (Å²) in [6.07, 6.45) is 3.26. The average molecular weight is 198 g/mol. The third kappa shape index (κ3) is 3.28. The number of aryl methyl sites for hydroxylation is 1. The summed E-state index contributed by atoms with van der Waals surface area (Å²) in [6, 6.07) is 7.29. The molecular formula is C10H14O2S. The largest absolute Gasteiger partial charge is 0.302 e. The van der Waals surface area contributed by atoms with Gasteiger partial charge in [0.15, 0.2) is 11.1 Å². The van der Waals surface area contributed by atoms with Crippen LogP contribution in [0.4, 0.5) is 0 Å². The third-order valence-corrected chi connectivity index (χ3v) is 2.58. The van der Waals surface area contributed by atoms with Gasteiger partial charge in [0.05, 0.1) is 4.90 Å². The van der Waals surface area contributed by atoms with Gasteiger partial charge in [0.25, 0.3) is 0 Å². The Labute approximate surface area is 81.3 Å². The Morgan fingerprint density at radius 3 is 2.85 bits per heavy atom. The number of unbranched alkanes of at least 4 members (excludes halogenated alkanes) is 1. The van der Waals surface area contributed by atoms with Crippen molar-refractivity contribution in [1.82, 2.24) is 0 Å². The first-order chi connectivity index (χ1) is 6.24. The van der Waals surface area contributed by atoms with Gasteiger partial charge in [-0.15, -0.1) is 0 Å². The predicted octanol–water partition coefficient (Wildman–Crippen LogP) is 2.61. The fraction of sp³-hybridized carbons (Fsp3) is 0.400. The Bertz CT molecular complexity index is 297. The Morgan fingerprint density at radius 2 is 2.23 bits per heavy atom. The minimum absolute atomic E-state index is 0.494. The van der Waals surface area contributed by atoms with Gasteiger partial charge >= 0.3 is 0 Å². The van der Waals surface area contributed by atoms with Crippen LogP contribution in [0.15, 0.2) is 29.2 Å². The highest BCUT2D eigenvalue weighted by Crippen LogP contribution is 2.10.